The zero-order valence-corrected chi connectivity index (χ0v) is 21.2. The summed E-state index contributed by atoms with van der Waals surface area (Å²) in [5.74, 6) is 1.21. The molecule has 2 aromatic carbocycles. The van der Waals surface area contributed by atoms with Crippen LogP contribution in [0.15, 0.2) is 48.5 Å². The van der Waals surface area contributed by atoms with Crippen LogP contribution in [0.2, 0.25) is 0 Å². The van der Waals surface area contributed by atoms with E-state index in [0.717, 1.165) is 17.2 Å². The van der Waals surface area contributed by atoms with Crippen LogP contribution in [0.4, 0.5) is 13.2 Å². The third-order valence-corrected chi connectivity index (χ3v) is 6.77. The smallest absolute Gasteiger partial charge is 0.433 e. The van der Waals surface area contributed by atoms with Crippen LogP contribution < -0.4 is 14.2 Å². The first-order chi connectivity index (χ1) is 18.1. The van der Waals surface area contributed by atoms with E-state index in [1.165, 1.54) is 20.3 Å². The van der Waals surface area contributed by atoms with Crippen molar-refractivity contribution in [3.05, 3.63) is 71.0 Å². The van der Waals surface area contributed by atoms with E-state index < -0.39 is 17.8 Å². The van der Waals surface area contributed by atoms with Crippen molar-refractivity contribution >= 4 is 11.6 Å². The number of halogens is 3. The molecule has 1 aliphatic rings. The average Bonchev–Trinajstić information content (AvgIpc) is 3.35. The molecule has 198 valence electrons. The van der Waals surface area contributed by atoms with Crippen molar-refractivity contribution in [2.45, 2.75) is 25.6 Å². The number of fused-ring (bicyclic) bond motifs is 2. The van der Waals surface area contributed by atoms with Gasteiger partial charge in [-0.2, -0.15) is 18.3 Å². The van der Waals surface area contributed by atoms with Crippen molar-refractivity contribution in [1.29, 1.82) is 0 Å². The number of aromatic nitrogens is 3. The van der Waals surface area contributed by atoms with Gasteiger partial charge in [0.25, 0.3) is 5.91 Å². The lowest BCUT2D eigenvalue weighted by atomic mass is 9.92. The molecule has 0 radical (unpaired) electrons. The molecule has 0 bridgehead atoms. The highest BCUT2D eigenvalue weighted by Crippen LogP contribution is 2.39. The molecular weight excluding hydrogens is 501 g/mol. The summed E-state index contributed by atoms with van der Waals surface area (Å²) in [5.41, 5.74) is 1.24. The maximum absolute atomic E-state index is 14.0. The van der Waals surface area contributed by atoms with E-state index in [4.69, 9.17) is 14.2 Å². The van der Waals surface area contributed by atoms with Gasteiger partial charge >= 0.3 is 6.18 Å². The summed E-state index contributed by atoms with van der Waals surface area (Å²) in [6, 6.07) is 12.1. The highest BCUT2D eigenvalue weighted by Gasteiger charge is 2.37. The van der Waals surface area contributed by atoms with Gasteiger partial charge in [-0.3, -0.25) is 4.79 Å². The van der Waals surface area contributed by atoms with Crippen LogP contribution >= 0.6 is 0 Å². The summed E-state index contributed by atoms with van der Waals surface area (Å²) in [5, 5.41) is 4.05. The van der Waals surface area contributed by atoms with Crippen molar-refractivity contribution < 1.29 is 32.2 Å². The number of carbonyl (C=O) groups excluding carboxylic acids is 1. The molecule has 0 saturated heterocycles. The first-order valence-electron chi connectivity index (χ1n) is 11.8. The summed E-state index contributed by atoms with van der Waals surface area (Å²) >= 11 is 0. The van der Waals surface area contributed by atoms with Gasteiger partial charge in [0.1, 0.15) is 5.75 Å². The van der Waals surface area contributed by atoms with Gasteiger partial charge in [0.2, 0.25) is 0 Å². The van der Waals surface area contributed by atoms with Gasteiger partial charge in [0.15, 0.2) is 28.5 Å². The van der Waals surface area contributed by atoms with Gasteiger partial charge in [0.05, 0.1) is 33.1 Å². The third kappa shape index (κ3) is 4.37. The Morgan fingerprint density at radius 1 is 0.974 bits per heavy atom. The summed E-state index contributed by atoms with van der Waals surface area (Å²) in [4.78, 5) is 19.5. The second-order valence-corrected chi connectivity index (χ2v) is 8.88. The number of benzene rings is 2. The molecule has 1 amide bonds. The quantitative estimate of drug-likeness (QED) is 0.356. The average molecular weight is 527 g/mol. The number of hydrogen-bond donors (Lipinski definition) is 0. The van der Waals surface area contributed by atoms with E-state index in [2.05, 4.69) is 10.1 Å². The van der Waals surface area contributed by atoms with Crippen molar-refractivity contribution in [2.24, 2.45) is 0 Å². The molecule has 0 aliphatic carbocycles. The van der Waals surface area contributed by atoms with Crippen LogP contribution in [-0.2, 0) is 12.6 Å². The lowest BCUT2D eigenvalue weighted by Gasteiger charge is -2.35. The predicted molar refractivity (Wildman–Crippen MR) is 133 cm³/mol. The van der Waals surface area contributed by atoms with E-state index >= 15 is 0 Å². The third-order valence-electron chi connectivity index (χ3n) is 6.77. The molecule has 0 unspecified atom stereocenters. The summed E-state index contributed by atoms with van der Waals surface area (Å²) in [6.07, 6.45) is -4.17. The van der Waals surface area contributed by atoms with E-state index in [1.54, 1.807) is 36.3 Å². The summed E-state index contributed by atoms with van der Waals surface area (Å²) < 4.78 is 58.7. The monoisotopic (exact) mass is 526 g/mol. The molecule has 5 rings (SSSR count). The SMILES string of the molecule is COc1ccc(-c2cc(C(F)(F)F)n3nc(C(=O)N4CCc5cc(OC)c(OC)cc5[C@H]4C)cc3n2)cc1. The zero-order chi connectivity index (χ0) is 27.2. The Kier molecular flexibility index (Phi) is 6.38. The Hall–Kier alpha value is -4.28. The van der Waals surface area contributed by atoms with Gasteiger partial charge in [-0.25, -0.2) is 9.50 Å². The lowest BCUT2D eigenvalue weighted by Crippen LogP contribution is -2.39. The van der Waals surface area contributed by atoms with Gasteiger partial charge < -0.3 is 19.1 Å². The van der Waals surface area contributed by atoms with E-state index in [-0.39, 0.29) is 23.1 Å². The molecule has 0 N–H and O–H groups in total. The molecule has 0 saturated carbocycles. The van der Waals surface area contributed by atoms with Gasteiger partial charge in [-0.05, 0) is 66.9 Å². The van der Waals surface area contributed by atoms with Gasteiger partial charge in [-0.15, -0.1) is 0 Å². The highest BCUT2D eigenvalue weighted by molar-refractivity contribution is 5.94. The predicted octanol–water partition coefficient (Wildman–Crippen LogP) is 5.20. The molecule has 2 aromatic heterocycles. The van der Waals surface area contributed by atoms with Gasteiger partial charge in [-0.1, -0.05) is 0 Å². The minimum Gasteiger partial charge on any atom is -0.497 e. The van der Waals surface area contributed by atoms with E-state index in [0.29, 0.717) is 40.3 Å². The minimum atomic E-state index is -4.72. The van der Waals surface area contributed by atoms with Crippen LogP contribution in [0.3, 0.4) is 0 Å². The molecule has 3 heterocycles. The molecule has 0 fully saturated rings. The fourth-order valence-electron chi connectivity index (χ4n) is 4.76. The minimum absolute atomic E-state index is 0.0783. The Labute approximate surface area is 216 Å². The number of ether oxygens (including phenoxy) is 3. The molecule has 8 nitrogen and oxygen atoms in total. The molecule has 0 spiro atoms. The maximum atomic E-state index is 14.0. The van der Waals surface area contributed by atoms with Crippen LogP contribution in [0.25, 0.3) is 16.9 Å². The van der Waals surface area contributed by atoms with Crippen molar-refractivity contribution in [3.8, 4) is 28.5 Å². The fraction of sp³-hybridized carbons (Fsp3) is 0.296. The molecule has 1 aliphatic heterocycles. The highest BCUT2D eigenvalue weighted by atomic mass is 19.4. The van der Waals surface area contributed by atoms with Crippen molar-refractivity contribution in [3.63, 3.8) is 0 Å². The number of carbonyl (C=O) groups is 1. The van der Waals surface area contributed by atoms with Crippen molar-refractivity contribution in [1.82, 2.24) is 19.5 Å². The number of amides is 1. The van der Waals surface area contributed by atoms with Crippen LogP contribution in [0, 0.1) is 0 Å². The molecule has 11 heteroatoms. The number of nitrogens with zero attached hydrogens (tertiary/aromatic N) is 4. The Morgan fingerprint density at radius 3 is 2.29 bits per heavy atom. The Bertz CT molecular complexity index is 1520. The zero-order valence-electron chi connectivity index (χ0n) is 21.2. The lowest BCUT2D eigenvalue weighted by molar-refractivity contribution is -0.142. The van der Waals surface area contributed by atoms with Crippen LogP contribution in [-0.4, -0.2) is 53.3 Å². The van der Waals surface area contributed by atoms with Crippen LogP contribution in [0.5, 0.6) is 17.2 Å². The molecular formula is C27H25F3N4O4. The second-order valence-electron chi connectivity index (χ2n) is 8.88. The summed E-state index contributed by atoms with van der Waals surface area (Å²) in [7, 11) is 4.59. The Balaban J connectivity index is 1.53. The van der Waals surface area contributed by atoms with Gasteiger partial charge in [0, 0.05) is 18.2 Å². The largest absolute Gasteiger partial charge is 0.497 e. The molecule has 4 aromatic rings. The number of methoxy groups -OCH3 is 3. The second kappa shape index (κ2) is 9.55. The fourth-order valence-corrected chi connectivity index (χ4v) is 4.76. The normalized spacial score (nSPS) is 15.3. The maximum Gasteiger partial charge on any atom is 0.433 e. The first-order valence-corrected chi connectivity index (χ1v) is 11.8. The van der Waals surface area contributed by atoms with Crippen LogP contribution in [0.1, 0.15) is 40.3 Å². The van der Waals surface area contributed by atoms with E-state index in [1.807, 2.05) is 19.1 Å². The number of alkyl halides is 3. The number of rotatable bonds is 5. The summed E-state index contributed by atoms with van der Waals surface area (Å²) in [6.45, 7) is 2.23. The van der Waals surface area contributed by atoms with Crippen molar-refractivity contribution in [2.75, 3.05) is 27.9 Å². The Morgan fingerprint density at radius 2 is 1.66 bits per heavy atom. The van der Waals surface area contributed by atoms with E-state index in [9.17, 15) is 18.0 Å². The topological polar surface area (TPSA) is 78.2 Å². The molecule has 1 atom stereocenters. The number of hydrogen-bond acceptors (Lipinski definition) is 6. The first kappa shape index (κ1) is 25.4. The molecule has 38 heavy (non-hydrogen) atoms. The standard InChI is InChI=1S/C27H25F3N4O4/c1-15-19-12-23(38-4)22(37-3)11-17(19)9-10-33(15)26(35)21-14-25-31-20(16-5-7-18(36-2)8-6-16)13-24(27(28,29)30)34(25)32-21/h5-8,11-15H,9-10H2,1-4H3/t15-/m1/s1.